The summed E-state index contributed by atoms with van der Waals surface area (Å²) in [7, 11) is 0. The summed E-state index contributed by atoms with van der Waals surface area (Å²) in [5.74, 6) is 0.288. The Morgan fingerprint density at radius 2 is 2.29 bits per heavy atom. The molecule has 0 fully saturated rings. The van der Waals surface area contributed by atoms with Crippen molar-refractivity contribution in [2.24, 2.45) is 5.92 Å². The molecule has 0 aliphatic rings. The minimum absolute atomic E-state index is 0.236. The average molecular weight is 311 g/mol. The van der Waals surface area contributed by atoms with Gasteiger partial charge in [-0.05, 0) is 49.5 Å². The van der Waals surface area contributed by atoms with Gasteiger partial charge in [-0.25, -0.2) is 4.98 Å². The van der Waals surface area contributed by atoms with Crippen molar-refractivity contribution in [2.45, 2.75) is 39.2 Å². The summed E-state index contributed by atoms with van der Waals surface area (Å²) in [4.78, 5) is 15.6. The summed E-state index contributed by atoms with van der Waals surface area (Å²) in [6.07, 6.45) is 6.25. The van der Waals surface area contributed by atoms with Gasteiger partial charge in [0.15, 0.2) is 0 Å². The van der Waals surface area contributed by atoms with Gasteiger partial charge >= 0.3 is 0 Å². The van der Waals surface area contributed by atoms with Gasteiger partial charge in [-0.1, -0.05) is 25.4 Å². The Morgan fingerprint density at radius 3 is 2.90 bits per heavy atom. The lowest BCUT2D eigenvalue weighted by atomic mass is 9.95. The predicted octanol–water partition coefficient (Wildman–Crippen LogP) is 3.05. The van der Waals surface area contributed by atoms with Gasteiger partial charge in [0.2, 0.25) is 5.91 Å². The summed E-state index contributed by atoms with van der Waals surface area (Å²) >= 11 is 5.76. The van der Waals surface area contributed by atoms with Crippen LogP contribution in [0, 0.1) is 5.92 Å². The summed E-state index contributed by atoms with van der Waals surface area (Å²) in [6, 6.07) is 3.43. The molecule has 5 heteroatoms. The second kappa shape index (κ2) is 8.15. The lowest BCUT2D eigenvalue weighted by molar-refractivity contribution is -0.117. The zero-order valence-corrected chi connectivity index (χ0v) is 13.5. The zero-order chi connectivity index (χ0) is 15.9. The van der Waals surface area contributed by atoms with Gasteiger partial charge in [0.05, 0.1) is 5.60 Å². The third-order valence-electron chi connectivity index (χ3n) is 3.08. The van der Waals surface area contributed by atoms with Crippen molar-refractivity contribution in [3.8, 4) is 0 Å². The number of aromatic nitrogens is 1. The highest BCUT2D eigenvalue weighted by Gasteiger charge is 2.20. The molecule has 1 rings (SSSR count). The van der Waals surface area contributed by atoms with E-state index in [0.29, 0.717) is 17.5 Å². The summed E-state index contributed by atoms with van der Waals surface area (Å²) < 4.78 is 0. The Bertz CT molecular complexity index is 499. The van der Waals surface area contributed by atoms with Gasteiger partial charge < -0.3 is 10.4 Å². The normalized spacial score (nSPS) is 14.4. The highest BCUT2D eigenvalue weighted by atomic mass is 35.5. The molecule has 21 heavy (non-hydrogen) atoms. The minimum Gasteiger partial charge on any atom is -0.388 e. The van der Waals surface area contributed by atoms with Crippen LogP contribution in [0.1, 0.15) is 39.2 Å². The van der Waals surface area contributed by atoms with Crippen LogP contribution in [0.4, 0.5) is 0 Å². The number of carbonyl (C=O) groups is 1. The topological polar surface area (TPSA) is 62.2 Å². The number of nitrogens with zero attached hydrogens (tertiary/aromatic N) is 1. The number of hydrogen-bond acceptors (Lipinski definition) is 3. The van der Waals surface area contributed by atoms with Crippen molar-refractivity contribution in [1.82, 2.24) is 10.3 Å². The van der Waals surface area contributed by atoms with Crippen LogP contribution in [0.15, 0.2) is 24.4 Å². The van der Waals surface area contributed by atoms with Gasteiger partial charge in [-0.2, -0.15) is 0 Å². The second-order valence-electron chi connectivity index (χ2n) is 5.89. The van der Waals surface area contributed by atoms with E-state index >= 15 is 0 Å². The molecule has 0 aromatic carbocycles. The number of hydrogen-bond donors (Lipinski definition) is 2. The van der Waals surface area contributed by atoms with E-state index in [1.54, 1.807) is 31.3 Å². The average Bonchev–Trinajstić information content (AvgIpc) is 2.41. The van der Waals surface area contributed by atoms with Crippen molar-refractivity contribution >= 4 is 23.6 Å². The molecule has 1 aromatic heterocycles. The first-order chi connectivity index (χ1) is 9.78. The number of nitrogens with one attached hydrogen (secondary N) is 1. The van der Waals surface area contributed by atoms with E-state index in [-0.39, 0.29) is 12.5 Å². The molecule has 0 saturated carbocycles. The summed E-state index contributed by atoms with van der Waals surface area (Å²) in [6.45, 7) is 6.19. The molecule has 0 aliphatic heterocycles. The predicted molar refractivity (Wildman–Crippen MR) is 86.0 cm³/mol. The molecule has 0 spiro atoms. The zero-order valence-electron chi connectivity index (χ0n) is 12.8. The van der Waals surface area contributed by atoms with Crippen LogP contribution in [0.2, 0.25) is 5.15 Å². The maximum Gasteiger partial charge on any atom is 0.244 e. The number of carbonyl (C=O) groups excluding carboxylic acids is 1. The smallest absolute Gasteiger partial charge is 0.244 e. The largest absolute Gasteiger partial charge is 0.388 e. The lowest BCUT2D eigenvalue weighted by Crippen LogP contribution is -2.40. The van der Waals surface area contributed by atoms with Crippen molar-refractivity contribution in [1.29, 1.82) is 0 Å². The third-order valence-corrected chi connectivity index (χ3v) is 3.29. The molecule has 4 nitrogen and oxygen atoms in total. The Morgan fingerprint density at radius 1 is 1.57 bits per heavy atom. The van der Waals surface area contributed by atoms with E-state index in [4.69, 9.17) is 11.6 Å². The minimum atomic E-state index is -0.881. The summed E-state index contributed by atoms with van der Waals surface area (Å²) in [5, 5.41) is 13.3. The summed E-state index contributed by atoms with van der Waals surface area (Å²) in [5.41, 5.74) is -0.0787. The molecule has 116 valence electrons. The monoisotopic (exact) mass is 310 g/mol. The fourth-order valence-corrected chi connectivity index (χ4v) is 1.90. The first-order valence-corrected chi connectivity index (χ1v) is 7.46. The van der Waals surface area contributed by atoms with Gasteiger partial charge in [0.25, 0.3) is 0 Å². The molecule has 1 amide bonds. The van der Waals surface area contributed by atoms with Gasteiger partial charge in [0.1, 0.15) is 5.15 Å². The molecule has 0 saturated heterocycles. The first-order valence-electron chi connectivity index (χ1n) is 7.08. The Hall–Kier alpha value is -1.39. The van der Waals surface area contributed by atoms with E-state index in [9.17, 15) is 9.90 Å². The van der Waals surface area contributed by atoms with Crippen LogP contribution in [0.25, 0.3) is 6.08 Å². The quantitative estimate of drug-likeness (QED) is 0.601. The van der Waals surface area contributed by atoms with E-state index in [0.717, 1.165) is 12.0 Å². The number of amides is 1. The van der Waals surface area contributed by atoms with Gasteiger partial charge in [0, 0.05) is 18.8 Å². The van der Waals surface area contributed by atoms with Gasteiger partial charge in [-0.3, -0.25) is 4.79 Å². The molecular weight excluding hydrogens is 288 g/mol. The fourth-order valence-electron chi connectivity index (χ4n) is 1.72. The number of halogens is 1. The number of pyridine rings is 1. The first kappa shape index (κ1) is 17.7. The molecule has 0 radical (unpaired) electrons. The molecule has 1 aromatic rings. The van der Waals surface area contributed by atoms with E-state index in [1.165, 1.54) is 6.08 Å². The number of rotatable bonds is 7. The Balaban J connectivity index is 2.43. The molecule has 2 N–H and O–H groups in total. The van der Waals surface area contributed by atoms with Crippen LogP contribution in [-0.2, 0) is 4.79 Å². The maximum atomic E-state index is 11.7. The Kier molecular flexibility index (Phi) is 6.85. The third kappa shape index (κ3) is 7.83. The number of aliphatic hydroxyl groups is 1. The molecule has 1 unspecified atom stereocenters. The van der Waals surface area contributed by atoms with Crippen molar-refractivity contribution in [2.75, 3.05) is 6.54 Å². The molecule has 1 heterocycles. The van der Waals surface area contributed by atoms with Crippen LogP contribution >= 0.6 is 11.6 Å². The van der Waals surface area contributed by atoms with E-state index < -0.39 is 5.60 Å². The van der Waals surface area contributed by atoms with Crippen molar-refractivity contribution in [3.05, 3.63) is 35.1 Å². The Labute approximate surface area is 131 Å². The molecule has 1 atom stereocenters. The van der Waals surface area contributed by atoms with E-state index in [2.05, 4.69) is 24.1 Å². The second-order valence-corrected chi connectivity index (χ2v) is 6.28. The molecule has 0 bridgehead atoms. The van der Waals surface area contributed by atoms with Crippen LogP contribution in [-0.4, -0.2) is 28.1 Å². The van der Waals surface area contributed by atoms with Crippen LogP contribution < -0.4 is 5.32 Å². The highest BCUT2D eigenvalue weighted by molar-refractivity contribution is 6.29. The lowest BCUT2D eigenvalue weighted by Gasteiger charge is -2.24. The van der Waals surface area contributed by atoms with E-state index in [1.807, 2.05) is 0 Å². The van der Waals surface area contributed by atoms with Crippen molar-refractivity contribution in [3.63, 3.8) is 0 Å². The molecule has 0 aliphatic carbocycles. The standard InChI is InChI=1S/C16H23ClN2O2/c1-12(2)6-8-16(3,21)11-19-15(20)5-4-13-7-9-18-14(17)10-13/h4-5,7,9-10,12,21H,6,8,11H2,1-3H3,(H,19,20)/b5-4+. The highest BCUT2D eigenvalue weighted by Crippen LogP contribution is 2.15. The van der Waals surface area contributed by atoms with Crippen LogP contribution in [0.5, 0.6) is 0 Å². The fraction of sp³-hybridized carbons (Fsp3) is 0.500. The SMILES string of the molecule is CC(C)CCC(C)(O)CNC(=O)/C=C/c1ccnc(Cl)c1. The van der Waals surface area contributed by atoms with Crippen LogP contribution in [0.3, 0.4) is 0 Å². The van der Waals surface area contributed by atoms with Crippen molar-refractivity contribution < 1.29 is 9.90 Å². The maximum absolute atomic E-state index is 11.7. The van der Waals surface area contributed by atoms with Gasteiger partial charge in [-0.15, -0.1) is 0 Å². The molecular formula is C16H23ClN2O2.